The van der Waals surface area contributed by atoms with E-state index in [4.69, 9.17) is 5.73 Å². The Labute approximate surface area is 90.4 Å². The van der Waals surface area contributed by atoms with Crippen molar-refractivity contribution < 1.29 is 8.78 Å². The Morgan fingerprint density at radius 2 is 1.40 bits per heavy atom. The van der Waals surface area contributed by atoms with Crippen LogP contribution in [-0.2, 0) is 0 Å². The molecule has 88 valence electrons. The van der Waals surface area contributed by atoms with Crippen molar-refractivity contribution in [2.75, 3.05) is 0 Å². The van der Waals surface area contributed by atoms with Crippen LogP contribution in [0, 0.1) is 5.92 Å². The second-order valence-electron chi connectivity index (χ2n) is 5.42. The maximum absolute atomic E-state index is 13.0. The number of rotatable bonds is 1. The number of nitrogens with two attached hydrogens (primary N) is 1. The average Bonchev–Trinajstić information content (AvgIpc) is 2.18. The van der Waals surface area contributed by atoms with Gasteiger partial charge in [0, 0.05) is 18.4 Å². The molecule has 0 aromatic rings. The maximum atomic E-state index is 13.0. The summed E-state index contributed by atoms with van der Waals surface area (Å²) in [6.07, 6.45) is 7.08. The van der Waals surface area contributed by atoms with Crippen molar-refractivity contribution in [3.05, 3.63) is 0 Å². The quantitative estimate of drug-likeness (QED) is 0.715. The van der Waals surface area contributed by atoms with E-state index in [0.29, 0.717) is 18.8 Å². The van der Waals surface area contributed by atoms with E-state index in [0.717, 1.165) is 12.8 Å². The van der Waals surface area contributed by atoms with Crippen LogP contribution in [0.5, 0.6) is 0 Å². The molecule has 0 amide bonds. The molecule has 2 fully saturated rings. The van der Waals surface area contributed by atoms with Crippen LogP contribution in [0.2, 0.25) is 0 Å². The van der Waals surface area contributed by atoms with Gasteiger partial charge in [0.2, 0.25) is 5.92 Å². The molecule has 1 nitrogen and oxygen atoms in total. The van der Waals surface area contributed by atoms with Crippen LogP contribution in [0.15, 0.2) is 0 Å². The summed E-state index contributed by atoms with van der Waals surface area (Å²) >= 11 is 0. The Balaban J connectivity index is 1.94. The van der Waals surface area contributed by atoms with Crippen molar-refractivity contribution in [2.24, 2.45) is 11.7 Å². The highest BCUT2D eigenvalue weighted by Gasteiger charge is 2.43. The fourth-order valence-corrected chi connectivity index (χ4v) is 3.23. The number of alkyl halides is 2. The molecule has 0 radical (unpaired) electrons. The molecule has 0 atom stereocenters. The summed E-state index contributed by atoms with van der Waals surface area (Å²) < 4.78 is 26.1. The third kappa shape index (κ3) is 2.49. The predicted octanol–water partition coefficient (Wildman–Crippen LogP) is 3.47. The van der Waals surface area contributed by atoms with Crippen molar-refractivity contribution >= 4 is 0 Å². The predicted molar refractivity (Wildman–Crippen MR) is 56.9 cm³/mol. The van der Waals surface area contributed by atoms with E-state index in [-0.39, 0.29) is 18.4 Å². The smallest absolute Gasteiger partial charge is 0.248 e. The van der Waals surface area contributed by atoms with E-state index in [1.54, 1.807) is 0 Å². The van der Waals surface area contributed by atoms with Gasteiger partial charge in [-0.05, 0) is 31.6 Å². The van der Waals surface area contributed by atoms with E-state index >= 15 is 0 Å². The summed E-state index contributed by atoms with van der Waals surface area (Å²) in [7, 11) is 0. The third-order valence-electron chi connectivity index (χ3n) is 4.31. The minimum absolute atomic E-state index is 0.0522. The highest BCUT2D eigenvalue weighted by molar-refractivity contribution is 4.96. The van der Waals surface area contributed by atoms with Gasteiger partial charge in [0.05, 0.1) is 0 Å². The van der Waals surface area contributed by atoms with Gasteiger partial charge in [0.1, 0.15) is 0 Å². The lowest BCUT2D eigenvalue weighted by Gasteiger charge is -2.43. The third-order valence-corrected chi connectivity index (χ3v) is 4.31. The van der Waals surface area contributed by atoms with Crippen molar-refractivity contribution in [2.45, 2.75) is 69.2 Å². The molecule has 3 heteroatoms. The van der Waals surface area contributed by atoms with Crippen LogP contribution in [-0.4, -0.2) is 11.5 Å². The molecule has 2 aliphatic carbocycles. The molecule has 0 aromatic carbocycles. The highest BCUT2D eigenvalue weighted by atomic mass is 19.3. The van der Waals surface area contributed by atoms with Gasteiger partial charge in [-0.2, -0.15) is 0 Å². The summed E-state index contributed by atoms with van der Waals surface area (Å²) in [5, 5.41) is 0. The molecule has 0 bridgehead atoms. The van der Waals surface area contributed by atoms with Crippen LogP contribution in [0.4, 0.5) is 8.78 Å². The molecular weight excluding hydrogens is 196 g/mol. The fraction of sp³-hybridized carbons (Fsp3) is 1.00. The van der Waals surface area contributed by atoms with Crippen LogP contribution < -0.4 is 5.73 Å². The first-order valence-corrected chi connectivity index (χ1v) is 6.19. The minimum Gasteiger partial charge on any atom is -0.325 e. The Kier molecular flexibility index (Phi) is 3.02. The number of hydrogen-bond donors (Lipinski definition) is 1. The SMILES string of the molecule is NC1(C2CCC(F)(F)CC2)CCCCC1. The molecule has 2 saturated carbocycles. The zero-order valence-electron chi connectivity index (χ0n) is 9.27. The van der Waals surface area contributed by atoms with Gasteiger partial charge < -0.3 is 5.73 Å². The Morgan fingerprint density at radius 1 is 0.867 bits per heavy atom. The molecule has 0 aromatic heterocycles. The van der Waals surface area contributed by atoms with Gasteiger partial charge >= 0.3 is 0 Å². The van der Waals surface area contributed by atoms with E-state index in [9.17, 15) is 8.78 Å². The van der Waals surface area contributed by atoms with E-state index in [1.807, 2.05) is 0 Å². The van der Waals surface area contributed by atoms with Gasteiger partial charge in [0.25, 0.3) is 0 Å². The molecule has 2 rings (SSSR count). The standard InChI is InChI=1S/C12H21F2N/c13-12(14)8-4-10(5-9-12)11(15)6-2-1-3-7-11/h10H,1-9,15H2. The van der Waals surface area contributed by atoms with Gasteiger partial charge in [-0.25, -0.2) is 8.78 Å². The zero-order chi connectivity index (χ0) is 10.9. The molecule has 0 saturated heterocycles. The first-order valence-electron chi connectivity index (χ1n) is 6.19. The Hall–Kier alpha value is -0.180. The van der Waals surface area contributed by atoms with E-state index in [1.165, 1.54) is 19.3 Å². The maximum Gasteiger partial charge on any atom is 0.248 e. The van der Waals surface area contributed by atoms with Crippen molar-refractivity contribution in [1.29, 1.82) is 0 Å². The normalized spacial score (nSPS) is 31.4. The summed E-state index contributed by atoms with van der Waals surface area (Å²) in [6, 6.07) is 0. The fourth-order valence-electron chi connectivity index (χ4n) is 3.23. The molecule has 0 aliphatic heterocycles. The molecule has 2 N–H and O–H groups in total. The summed E-state index contributed by atoms with van der Waals surface area (Å²) in [5.74, 6) is -2.07. The molecule has 15 heavy (non-hydrogen) atoms. The molecular formula is C12H21F2N. The molecule has 0 unspecified atom stereocenters. The van der Waals surface area contributed by atoms with Gasteiger partial charge in [0.15, 0.2) is 0 Å². The summed E-state index contributed by atoms with van der Waals surface area (Å²) in [6.45, 7) is 0. The van der Waals surface area contributed by atoms with Crippen LogP contribution in [0.1, 0.15) is 57.8 Å². The topological polar surface area (TPSA) is 26.0 Å². The van der Waals surface area contributed by atoms with Gasteiger partial charge in [-0.3, -0.25) is 0 Å². The largest absolute Gasteiger partial charge is 0.325 e. The number of hydrogen-bond acceptors (Lipinski definition) is 1. The summed E-state index contributed by atoms with van der Waals surface area (Å²) in [4.78, 5) is 0. The first-order chi connectivity index (χ1) is 7.02. The second-order valence-corrected chi connectivity index (χ2v) is 5.42. The lowest BCUT2D eigenvalue weighted by atomic mass is 9.67. The Morgan fingerprint density at radius 3 is 1.93 bits per heavy atom. The second kappa shape index (κ2) is 4.00. The number of halogens is 2. The minimum atomic E-state index is -2.42. The molecule has 0 spiro atoms. The van der Waals surface area contributed by atoms with Crippen molar-refractivity contribution in [3.63, 3.8) is 0 Å². The van der Waals surface area contributed by atoms with Crippen molar-refractivity contribution in [3.8, 4) is 0 Å². The molecule has 0 heterocycles. The molecule has 2 aliphatic rings. The lowest BCUT2D eigenvalue weighted by molar-refractivity contribution is -0.0572. The van der Waals surface area contributed by atoms with Gasteiger partial charge in [-0.1, -0.05) is 19.3 Å². The lowest BCUT2D eigenvalue weighted by Crippen LogP contribution is -2.50. The first kappa shape index (κ1) is 11.3. The average molecular weight is 217 g/mol. The van der Waals surface area contributed by atoms with Crippen LogP contribution >= 0.6 is 0 Å². The zero-order valence-corrected chi connectivity index (χ0v) is 9.27. The van der Waals surface area contributed by atoms with E-state index in [2.05, 4.69) is 0 Å². The van der Waals surface area contributed by atoms with E-state index < -0.39 is 5.92 Å². The van der Waals surface area contributed by atoms with Crippen LogP contribution in [0.25, 0.3) is 0 Å². The highest BCUT2D eigenvalue weighted by Crippen LogP contribution is 2.44. The monoisotopic (exact) mass is 217 g/mol. The van der Waals surface area contributed by atoms with Crippen LogP contribution in [0.3, 0.4) is 0 Å². The Bertz CT molecular complexity index is 212. The summed E-state index contributed by atoms with van der Waals surface area (Å²) in [5.41, 5.74) is 6.26. The van der Waals surface area contributed by atoms with Crippen molar-refractivity contribution in [1.82, 2.24) is 0 Å². The van der Waals surface area contributed by atoms with Gasteiger partial charge in [-0.15, -0.1) is 0 Å².